The molecule has 0 aromatic heterocycles. The summed E-state index contributed by atoms with van der Waals surface area (Å²) in [5, 5.41) is 19.4. The average molecular weight is 321 g/mol. The predicted octanol–water partition coefficient (Wildman–Crippen LogP) is 0.625. The predicted molar refractivity (Wildman–Crippen MR) is 78.9 cm³/mol. The molecule has 8 heteroatoms. The molecule has 0 bridgehead atoms. The Bertz CT molecular complexity index is 731. The molecule has 0 spiro atoms. The zero-order chi connectivity index (χ0) is 16.9. The highest BCUT2D eigenvalue weighted by molar-refractivity contribution is 6.02. The Labute approximate surface area is 131 Å². The molecule has 1 aromatic carbocycles. The Hall–Kier alpha value is -2.61. The molecule has 1 aromatic rings. The van der Waals surface area contributed by atoms with Crippen LogP contribution < -0.4 is 4.90 Å². The molecule has 2 aliphatic rings. The highest BCUT2D eigenvalue weighted by Gasteiger charge is 2.40. The maximum Gasteiger partial charge on any atom is 0.354 e. The van der Waals surface area contributed by atoms with E-state index in [9.17, 15) is 24.2 Å². The number of hydrogen-bond acceptors (Lipinski definition) is 5. The maximum atomic E-state index is 13.5. The Balaban J connectivity index is 2.22. The molecule has 0 saturated carbocycles. The van der Waals surface area contributed by atoms with Crippen molar-refractivity contribution in [2.75, 3.05) is 25.2 Å². The monoisotopic (exact) mass is 321 g/mol. The number of anilines is 1. The summed E-state index contributed by atoms with van der Waals surface area (Å²) in [4.78, 5) is 28.3. The highest BCUT2D eigenvalue weighted by atomic mass is 19.1. The molecule has 122 valence electrons. The second kappa shape index (κ2) is 5.24. The van der Waals surface area contributed by atoms with Crippen LogP contribution in [0.25, 0.3) is 0 Å². The first-order valence-electron chi connectivity index (χ1n) is 7.05. The van der Waals surface area contributed by atoms with Gasteiger partial charge in [0, 0.05) is 7.05 Å². The van der Waals surface area contributed by atoms with Gasteiger partial charge in [0.1, 0.15) is 17.7 Å². The van der Waals surface area contributed by atoms with Gasteiger partial charge in [-0.1, -0.05) is 0 Å². The number of carboxylic acids is 1. The van der Waals surface area contributed by atoms with Crippen molar-refractivity contribution in [1.82, 2.24) is 9.80 Å². The smallest absolute Gasteiger partial charge is 0.354 e. The van der Waals surface area contributed by atoms with Crippen molar-refractivity contribution in [2.45, 2.75) is 13.2 Å². The van der Waals surface area contributed by atoms with Gasteiger partial charge >= 0.3 is 5.97 Å². The van der Waals surface area contributed by atoms with Crippen LogP contribution in [0.1, 0.15) is 17.3 Å². The number of hydrogen-bond donors (Lipinski definition) is 2. The zero-order valence-corrected chi connectivity index (χ0v) is 12.7. The van der Waals surface area contributed by atoms with Crippen molar-refractivity contribution in [3.8, 4) is 0 Å². The van der Waals surface area contributed by atoms with E-state index in [0.717, 1.165) is 6.07 Å². The number of rotatable bonds is 2. The van der Waals surface area contributed by atoms with Gasteiger partial charge in [0.05, 0.1) is 30.2 Å². The third kappa shape index (κ3) is 2.31. The van der Waals surface area contributed by atoms with Crippen LogP contribution in [0.3, 0.4) is 0 Å². The van der Waals surface area contributed by atoms with Crippen LogP contribution in [0, 0.1) is 5.82 Å². The van der Waals surface area contributed by atoms with Gasteiger partial charge in [-0.05, 0) is 25.1 Å². The van der Waals surface area contributed by atoms with Crippen LogP contribution in [0.15, 0.2) is 29.6 Å². The minimum Gasteiger partial charge on any atom is -0.477 e. The first kappa shape index (κ1) is 15.3. The van der Waals surface area contributed by atoms with E-state index in [-0.39, 0.29) is 30.4 Å². The van der Waals surface area contributed by atoms with Crippen LogP contribution in [-0.4, -0.2) is 58.4 Å². The lowest BCUT2D eigenvalue weighted by molar-refractivity contribution is -0.135. The summed E-state index contributed by atoms with van der Waals surface area (Å²) in [7, 11) is 1.53. The van der Waals surface area contributed by atoms with E-state index in [1.165, 1.54) is 35.9 Å². The SMILES string of the molecule is CC(O)N1CN2C(=C1C(=O)O)CN(C)C(=O)c1cc(F)ccc12. The first-order chi connectivity index (χ1) is 10.8. The lowest BCUT2D eigenvalue weighted by atomic mass is 10.1. The standard InChI is InChI=1S/C15H16FN3O4/c1-8(20)18-7-19-11-4-3-9(16)5-10(11)14(21)17(2)6-12(19)13(18)15(22)23/h3-5,8,20H,6-7H2,1-2H3,(H,22,23). The van der Waals surface area contributed by atoms with Gasteiger partial charge in [0.2, 0.25) is 0 Å². The average Bonchev–Trinajstić information content (AvgIpc) is 2.81. The fraction of sp³-hybridized carbons (Fsp3) is 0.333. The number of aliphatic hydroxyl groups is 1. The Kier molecular flexibility index (Phi) is 3.48. The van der Waals surface area contributed by atoms with E-state index in [1.54, 1.807) is 4.90 Å². The number of nitrogens with zero attached hydrogens (tertiary/aromatic N) is 3. The normalized spacial score (nSPS) is 18.8. The van der Waals surface area contributed by atoms with Gasteiger partial charge in [0.25, 0.3) is 5.91 Å². The molecule has 2 N–H and O–H groups in total. The van der Waals surface area contributed by atoms with E-state index in [4.69, 9.17) is 0 Å². The van der Waals surface area contributed by atoms with Crippen LogP contribution in [0.4, 0.5) is 10.1 Å². The summed E-state index contributed by atoms with van der Waals surface area (Å²) in [5.74, 6) is -2.10. The van der Waals surface area contributed by atoms with Gasteiger partial charge in [0.15, 0.2) is 0 Å². The summed E-state index contributed by atoms with van der Waals surface area (Å²) in [6, 6.07) is 3.82. The first-order valence-corrected chi connectivity index (χ1v) is 7.05. The molecule has 1 atom stereocenters. The maximum absolute atomic E-state index is 13.5. The molecule has 23 heavy (non-hydrogen) atoms. The summed E-state index contributed by atoms with van der Waals surface area (Å²) >= 11 is 0. The number of carboxylic acid groups (broad SMARTS) is 1. The van der Waals surface area contributed by atoms with Gasteiger partial charge < -0.3 is 24.9 Å². The topological polar surface area (TPSA) is 84.3 Å². The lowest BCUT2D eigenvalue weighted by Crippen LogP contribution is -2.36. The second-order valence-electron chi connectivity index (χ2n) is 5.59. The fourth-order valence-corrected chi connectivity index (χ4v) is 2.95. The van der Waals surface area contributed by atoms with E-state index in [2.05, 4.69) is 0 Å². The van der Waals surface area contributed by atoms with Gasteiger partial charge in [-0.2, -0.15) is 0 Å². The lowest BCUT2D eigenvalue weighted by Gasteiger charge is -2.25. The minimum atomic E-state index is -1.19. The largest absolute Gasteiger partial charge is 0.477 e. The molecule has 0 aliphatic carbocycles. The molecule has 0 saturated heterocycles. The van der Waals surface area contributed by atoms with Crippen molar-refractivity contribution in [1.29, 1.82) is 0 Å². The minimum absolute atomic E-state index is 0.0555. The summed E-state index contributed by atoms with van der Waals surface area (Å²) < 4.78 is 13.5. The van der Waals surface area contributed by atoms with Crippen LogP contribution in [-0.2, 0) is 4.79 Å². The molecular formula is C15H16FN3O4. The molecule has 2 aliphatic heterocycles. The Morgan fingerprint density at radius 1 is 1.39 bits per heavy atom. The van der Waals surface area contributed by atoms with Crippen molar-refractivity contribution in [2.24, 2.45) is 0 Å². The molecule has 0 fully saturated rings. The number of carbonyl (C=O) groups is 2. The number of aliphatic hydroxyl groups excluding tert-OH is 1. The number of aliphatic carboxylic acids is 1. The zero-order valence-electron chi connectivity index (χ0n) is 12.7. The van der Waals surface area contributed by atoms with E-state index < -0.39 is 18.0 Å². The Morgan fingerprint density at radius 2 is 2.09 bits per heavy atom. The molecule has 2 heterocycles. The molecule has 3 rings (SSSR count). The van der Waals surface area contributed by atoms with Crippen molar-refractivity contribution >= 4 is 17.6 Å². The van der Waals surface area contributed by atoms with Crippen molar-refractivity contribution in [3.63, 3.8) is 0 Å². The van der Waals surface area contributed by atoms with Crippen LogP contribution in [0.5, 0.6) is 0 Å². The van der Waals surface area contributed by atoms with Gasteiger partial charge in [-0.15, -0.1) is 0 Å². The number of benzene rings is 1. The number of likely N-dealkylation sites (N-methyl/N-ethyl adjacent to an activating group) is 1. The third-order valence-electron chi connectivity index (χ3n) is 4.05. The highest BCUT2D eigenvalue weighted by Crippen LogP contribution is 2.36. The fourth-order valence-electron chi connectivity index (χ4n) is 2.95. The molecule has 1 unspecified atom stereocenters. The van der Waals surface area contributed by atoms with E-state index in [0.29, 0.717) is 11.4 Å². The number of carbonyl (C=O) groups excluding carboxylic acids is 1. The number of amides is 1. The van der Waals surface area contributed by atoms with Crippen molar-refractivity contribution < 1.29 is 24.2 Å². The molecular weight excluding hydrogens is 305 g/mol. The van der Waals surface area contributed by atoms with E-state index in [1.807, 2.05) is 0 Å². The summed E-state index contributed by atoms with van der Waals surface area (Å²) in [6.07, 6.45) is -1.01. The van der Waals surface area contributed by atoms with Gasteiger partial charge in [-0.25, -0.2) is 9.18 Å². The van der Waals surface area contributed by atoms with Crippen LogP contribution in [0.2, 0.25) is 0 Å². The number of halogens is 1. The molecule has 0 radical (unpaired) electrons. The summed E-state index contributed by atoms with van der Waals surface area (Å²) in [6.45, 7) is 1.60. The Morgan fingerprint density at radius 3 is 2.70 bits per heavy atom. The number of fused-ring (bicyclic) bond motifs is 3. The van der Waals surface area contributed by atoms with Crippen LogP contribution >= 0.6 is 0 Å². The van der Waals surface area contributed by atoms with E-state index >= 15 is 0 Å². The summed E-state index contributed by atoms with van der Waals surface area (Å²) in [5.41, 5.74) is 0.925. The molecule has 1 amide bonds. The van der Waals surface area contributed by atoms with Gasteiger partial charge in [-0.3, -0.25) is 4.79 Å². The molecule has 7 nitrogen and oxygen atoms in total. The quantitative estimate of drug-likeness (QED) is 0.831. The second-order valence-corrected chi connectivity index (χ2v) is 5.59. The van der Waals surface area contributed by atoms with Crippen molar-refractivity contribution in [3.05, 3.63) is 41.0 Å². The third-order valence-corrected chi connectivity index (χ3v) is 4.05.